The van der Waals surface area contributed by atoms with Gasteiger partial charge in [0.05, 0.1) is 25.2 Å². The van der Waals surface area contributed by atoms with Crippen molar-refractivity contribution >= 4 is 5.97 Å². The van der Waals surface area contributed by atoms with Crippen LogP contribution in [0.25, 0.3) is 0 Å². The number of carbonyl (C=O) groups is 1. The third kappa shape index (κ3) is 3.76. The second-order valence-corrected chi connectivity index (χ2v) is 4.92. The molecule has 0 aromatic rings. The van der Waals surface area contributed by atoms with Crippen LogP contribution in [0.1, 0.15) is 27.2 Å². The molecule has 1 saturated heterocycles. The van der Waals surface area contributed by atoms with Crippen molar-refractivity contribution in [1.82, 2.24) is 5.32 Å². The van der Waals surface area contributed by atoms with Crippen LogP contribution in [0, 0.1) is 11.8 Å². The molecule has 1 aliphatic heterocycles. The number of carbonyl (C=O) groups excluding carboxylic acids is 1. The van der Waals surface area contributed by atoms with Crippen LogP contribution in [0.4, 0.5) is 0 Å². The number of rotatable bonds is 5. The standard InChI is InChI=1S/C12H23NO3/c1-8(2)5-9(3)16-12(14)10-6-15-7-11(10)13-4/h8-11,13H,5-7H2,1-4H3. The third-order valence-electron chi connectivity index (χ3n) is 2.87. The van der Waals surface area contributed by atoms with Crippen LogP contribution in [-0.2, 0) is 14.3 Å². The van der Waals surface area contributed by atoms with E-state index in [1.54, 1.807) is 0 Å². The van der Waals surface area contributed by atoms with Gasteiger partial charge < -0.3 is 14.8 Å². The number of esters is 1. The van der Waals surface area contributed by atoms with Gasteiger partial charge >= 0.3 is 5.97 Å². The molecule has 1 fully saturated rings. The van der Waals surface area contributed by atoms with E-state index in [9.17, 15) is 4.79 Å². The molecule has 0 aromatic carbocycles. The molecule has 1 aliphatic rings. The monoisotopic (exact) mass is 229 g/mol. The second-order valence-electron chi connectivity index (χ2n) is 4.92. The van der Waals surface area contributed by atoms with Crippen molar-refractivity contribution in [3.05, 3.63) is 0 Å². The summed E-state index contributed by atoms with van der Waals surface area (Å²) in [6.07, 6.45) is 0.898. The quantitative estimate of drug-likeness (QED) is 0.720. The van der Waals surface area contributed by atoms with Crippen molar-refractivity contribution in [2.75, 3.05) is 20.3 Å². The van der Waals surface area contributed by atoms with Crippen LogP contribution in [-0.4, -0.2) is 38.4 Å². The zero-order valence-electron chi connectivity index (χ0n) is 10.7. The lowest BCUT2D eigenvalue weighted by atomic mass is 10.0. The van der Waals surface area contributed by atoms with Gasteiger partial charge in [-0.05, 0) is 26.3 Å². The van der Waals surface area contributed by atoms with Crippen LogP contribution in [0.5, 0.6) is 0 Å². The van der Waals surface area contributed by atoms with E-state index in [0.29, 0.717) is 19.1 Å². The topological polar surface area (TPSA) is 47.6 Å². The Kier molecular flexibility index (Phi) is 5.22. The van der Waals surface area contributed by atoms with Crippen molar-refractivity contribution in [3.8, 4) is 0 Å². The number of hydrogen-bond donors (Lipinski definition) is 1. The van der Waals surface area contributed by atoms with Crippen LogP contribution < -0.4 is 5.32 Å². The normalized spacial score (nSPS) is 27.1. The molecule has 4 heteroatoms. The Morgan fingerprint density at radius 2 is 2.12 bits per heavy atom. The smallest absolute Gasteiger partial charge is 0.313 e. The molecule has 1 heterocycles. The molecular formula is C12H23NO3. The molecule has 3 unspecified atom stereocenters. The van der Waals surface area contributed by atoms with E-state index in [-0.39, 0.29) is 24.0 Å². The largest absolute Gasteiger partial charge is 0.462 e. The lowest BCUT2D eigenvalue weighted by Crippen LogP contribution is -2.38. The molecule has 16 heavy (non-hydrogen) atoms. The van der Waals surface area contributed by atoms with E-state index in [1.807, 2.05) is 14.0 Å². The lowest BCUT2D eigenvalue weighted by Gasteiger charge is -2.20. The number of nitrogens with one attached hydrogen (secondary N) is 1. The lowest BCUT2D eigenvalue weighted by molar-refractivity contribution is -0.154. The van der Waals surface area contributed by atoms with Gasteiger partial charge in [-0.2, -0.15) is 0 Å². The minimum Gasteiger partial charge on any atom is -0.462 e. The first-order valence-electron chi connectivity index (χ1n) is 6.00. The first-order valence-corrected chi connectivity index (χ1v) is 6.00. The molecule has 0 bridgehead atoms. The summed E-state index contributed by atoms with van der Waals surface area (Å²) >= 11 is 0. The van der Waals surface area contributed by atoms with Crippen molar-refractivity contribution in [1.29, 1.82) is 0 Å². The summed E-state index contributed by atoms with van der Waals surface area (Å²) in [5, 5.41) is 3.08. The van der Waals surface area contributed by atoms with Crippen molar-refractivity contribution in [2.24, 2.45) is 11.8 Å². The minimum atomic E-state index is -0.153. The fraction of sp³-hybridized carbons (Fsp3) is 0.917. The predicted octanol–water partition coefficient (Wildman–Crippen LogP) is 1.20. The minimum absolute atomic E-state index is 0.00870. The molecule has 4 nitrogen and oxygen atoms in total. The van der Waals surface area contributed by atoms with E-state index in [2.05, 4.69) is 19.2 Å². The maximum absolute atomic E-state index is 11.9. The van der Waals surface area contributed by atoms with Gasteiger partial charge in [0.1, 0.15) is 0 Å². The highest BCUT2D eigenvalue weighted by molar-refractivity contribution is 5.74. The Labute approximate surface area is 97.7 Å². The van der Waals surface area contributed by atoms with Gasteiger partial charge in [-0.3, -0.25) is 4.79 Å². The number of likely N-dealkylation sites (N-methyl/N-ethyl adjacent to an activating group) is 1. The molecule has 0 saturated carbocycles. The van der Waals surface area contributed by atoms with Crippen LogP contribution in [0.3, 0.4) is 0 Å². The Morgan fingerprint density at radius 3 is 2.69 bits per heavy atom. The van der Waals surface area contributed by atoms with Gasteiger partial charge in [0.2, 0.25) is 0 Å². The zero-order chi connectivity index (χ0) is 12.1. The molecule has 94 valence electrons. The van der Waals surface area contributed by atoms with Crippen molar-refractivity contribution in [3.63, 3.8) is 0 Å². The molecule has 1 N–H and O–H groups in total. The molecule has 0 spiro atoms. The van der Waals surface area contributed by atoms with E-state index in [0.717, 1.165) is 6.42 Å². The van der Waals surface area contributed by atoms with E-state index in [4.69, 9.17) is 9.47 Å². The second kappa shape index (κ2) is 6.21. The van der Waals surface area contributed by atoms with Crippen LogP contribution in [0.2, 0.25) is 0 Å². The highest BCUT2D eigenvalue weighted by Gasteiger charge is 2.34. The highest BCUT2D eigenvalue weighted by atomic mass is 16.5. The molecule has 0 amide bonds. The van der Waals surface area contributed by atoms with Gasteiger partial charge in [0.25, 0.3) is 0 Å². The van der Waals surface area contributed by atoms with Crippen molar-refractivity contribution < 1.29 is 14.3 Å². The maximum atomic E-state index is 11.9. The highest BCUT2D eigenvalue weighted by Crippen LogP contribution is 2.17. The van der Waals surface area contributed by atoms with Crippen molar-refractivity contribution in [2.45, 2.75) is 39.3 Å². The number of hydrogen-bond acceptors (Lipinski definition) is 4. The van der Waals surface area contributed by atoms with E-state index in [1.165, 1.54) is 0 Å². The fourth-order valence-electron chi connectivity index (χ4n) is 2.07. The SMILES string of the molecule is CNC1COCC1C(=O)OC(C)CC(C)C. The van der Waals surface area contributed by atoms with Crippen LogP contribution in [0.15, 0.2) is 0 Å². The van der Waals surface area contributed by atoms with Gasteiger partial charge in [-0.1, -0.05) is 13.8 Å². The maximum Gasteiger partial charge on any atom is 0.313 e. The average molecular weight is 229 g/mol. The Morgan fingerprint density at radius 1 is 1.44 bits per heavy atom. The Hall–Kier alpha value is -0.610. The first-order chi connectivity index (χ1) is 7.54. The molecule has 0 radical (unpaired) electrons. The van der Waals surface area contributed by atoms with Gasteiger partial charge in [-0.25, -0.2) is 0 Å². The molecule has 3 atom stereocenters. The summed E-state index contributed by atoms with van der Waals surface area (Å²) in [5.41, 5.74) is 0. The molecular weight excluding hydrogens is 206 g/mol. The summed E-state index contributed by atoms with van der Waals surface area (Å²) in [7, 11) is 1.84. The van der Waals surface area contributed by atoms with E-state index >= 15 is 0 Å². The summed E-state index contributed by atoms with van der Waals surface area (Å²) in [6.45, 7) is 7.26. The van der Waals surface area contributed by atoms with Crippen LogP contribution >= 0.6 is 0 Å². The van der Waals surface area contributed by atoms with Gasteiger partial charge in [0.15, 0.2) is 0 Å². The summed E-state index contributed by atoms with van der Waals surface area (Å²) in [4.78, 5) is 11.9. The average Bonchev–Trinajstić information content (AvgIpc) is 2.63. The Bertz CT molecular complexity index is 230. The third-order valence-corrected chi connectivity index (χ3v) is 2.87. The summed E-state index contributed by atoms with van der Waals surface area (Å²) in [5.74, 6) is 0.257. The summed E-state index contributed by atoms with van der Waals surface area (Å²) < 4.78 is 10.7. The predicted molar refractivity (Wildman–Crippen MR) is 62.2 cm³/mol. The molecule has 1 rings (SSSR count). The number of ether oxygens (including phenoxy) is 2. The fourth-order valence-corrected chi connectivity index (χ4v) is 2.07. The Balaban J connectivity index is 2.39. The zero-order valence-corrected chi connectivity index (χ0v) is 10.7. The molecule has 0 aliphatic carbocycles. The first kappa shape index (κ1) is 13.5. The summed E-state index contributed by atoms with van der Waals surface area (Å²) in [6, 6.07) is 0.0961. The van der Waals surface area contributed by atoms with Gasteiger partial charge in [-0.15, -0.1) is 0 Å². The molecule has 0 aromatic heterocycles. The van der Waals surface area contributed by atoms with E-state index < -0.39 is 0 Å². The van der Waals surface area contributed by atoms with Gasteiger partial charge in [0, 0.05) is 6.04 Å².